The number of unbranched alkanes of at least 4 members (excludes halogenated alkanes) is 1. The predicted octanol–water partition coefficient (Wildman–Crippen LogP) is 8.25. The molecule has 2 N–H and O–H groups in total. The first kappa shape index (κ1) is 43.7. The zero-order chi connectivity index (χ0) is 40.0. The van der Waals surface area contributed by atoms with Crippen molar-refractivity contribution < 1.29 is 55.5 Å². The van der Waals surface area contributed by atoms with Gasteiger partial charge in [0.15, 0.2) is 13.2 Å². The molecule has 2 bridgehead atoms. The highest BCUT2D eigenvalue weighted by Gasteiger charge is 2.57. The van der Waals surface area contributed by atoms with Gasteiger partial charge in [0.25, 0.3) is 11.8 Å². The Morgan fingerprint density at radius 2 is 1.30 bits per heavy atom. The first-order valence-electron chi connectivity index (χ1n) is 17.7. The van der Waals surface area contributed by atoms with E-state index in [4.69, 9.17) is 51.0 Å². The van der Waals surface area contributed by atoms with Gasteiger partial charge in [0.05, 0.1) is 33.4 Å². The Morgan fingerprint density at radius 1 is 0.796 bits per heavy atom. The molecule has 2 amide bonds. The molecule has 3 aliphatic rings. The van der Waals surface area contributed by atoms with Crippen molar-refractivity contribution in [2.45, 2.75) is 121 Å². The number of phosphoric acid groups is 1. The second kappa shape index (κ2) is 17.9. The van der Waals surface area contributed by atoms with Gasteiger partial charge in [0, 0.05) is 30.5 Å². The van der Waals surface area contributed by atoms with Crippen LogP contribution in [-0.4, -0.2) is 66.0 Å². The molecule has 0 heterocycles. The number of benzene rings is 2. The van der Waals surface area contributed by atoms with E-state index in [1.165, 1.54) is 24.3 Å². The average Bonchev–Trinajstić information content (AvgIpc) is 3.04. The Balaban J connectivity index is 1.38. The molecule has 0 unspecified atom stereocenters. The standard InChI is InChI=1S/C37H49Cl2F2N2O10P/c1-34(2,3)52-54(47,53-35(4,5)6)50-18-8-7-9-33(46)51-30-21-36(42-31(44)22-48-24-10-12-26(38)28(40)19-24)14-16-37(30,17-15-36)43-32(45)23-49-25-11-13-27(39)29(41)20-25/h10-13,19-20,30H,7-9,14-18,21-23H2,1-6H3,(H,42,44)(H,43,45)/t30-,36?,37?/m0/s1. The second-order valence-electron chi connectivity index (χ2n) is 15.6. The molecule has 0 spiro atoms. The van der Waals surface area contributed by atoms with Crippen LogP contribution in [0, 0.1) is 11.6 Å². The molecular weight excluding hydrogens is 772 g/mol. The zero-order valence-electron chi connectivity index (χ0n) is 31.4. The van der Waals surface area contributed by atoms with Crippen molar-refractivity contribution in [2.75, 3.05) is 19.8 Å². The van der Waals surface area contributed by atoms with Crippen LogP contribution in [0.4, 0.5) is 8.78 Å². The molecule has 0 radical (unpaired) electrons. The number of hydrogen-bond acceptors (Lipinski definition) is 10. The number of fused-ring (bicyclic) bond motifs is 3. The van der Waals surface area contributed by atoms with Crippen LogP contribution in [0.15, 0.2) is 36.4 Å². The number of hydrogen-bond donors (Lipinski definition) is 2. The van der Waals surface area contributed by atoms with E-state index >= 15 is 0 Å². The highest BCUT2D eigenvalue weighted by molar-refractivity contribution is 7.48. The van der Waals surface area contributed by atoms with E-state index in [1.54, 1.807) is 41.5 Å². The molecule has 2 aromatic carbocycles. The van der Waals surface area contributed by atoms with Gasteiger partial charge in [-0.2, -0.15) is 0 Å². The Hall–Kier alpha value is -3.00. The molecule has 3 saturated carbocycles. The lowest BCUT2D eigenvalue weighted by Gasteiger charge is -2.57. The first-order chi connectivity index (χ1) is 25.1. The SMILES string of the molecule is CC(C)(C)OP(=O)(OCCCCC(=O)O[C@H]1CC2(NC(=O)COc3ccc(Cl)c(F)c3)CCC1(NC(=O)COc1ccc(Cl)c(F)c1)CC2)OC(C)(C)C. The van der Waals surface area contributed by atoms with Crippen molar-refractivity contribution in [3.05, 3.63) is 58.1 Å². The number of rotatable bonds is 17. The minimum atomic E-state index is -3.92. The molecule has 12 nitrogen and oxygen atoms in total. The third-order valence-corrected chi connectivity index (χ3v) is 11.3. The van der Waals surface area contributed by atoms with E-state index in [9.17, 15) is 27.7 Å². The summed E-state index contributed by atoms with van der Waals surface area (Å²) < 4.78 is 75.0. The number of halogens is 4. The van der Waals surface area contributed by atoms with Gasteiger partial charge < -0.3 is 24.8 Å². The van der Waals surface area contributed by atoms with Crippen molar-refractivity contribution in [2.24, 2.45) is 0 Å². The average molecular weight is 822 g/mol. The number of ether oxygens (including phenoxy) is 3. The Labute approximate surface area is 324 Å². The van der Waals surface area contributed by atoms with Crippen molar-refractivity contribution in [3.8, 4) is 11.5 Å². The van der Waals surface area contributed by atoms with Crippen molar-refractivity contribution in [1.29, 1.82) is 0 Å². The monoisotopic (exact) mass is 820 g/mol. The van der Waals surface area contributed by atoms with E-state index < -0.39 is 78.8 Å². The number of carbonyl (C=O) groups is 3. The summed E-state index contributed by atoms with van der Waals surface area (Å²) in [5.74, 6) is -2.64. The van der Waals surface area contributed by atoms with Crippen LogP contribution in [0.25, 0.3) is 0 Å². The molecule has 17 heteroatoms. The van der Waals surface area contributed by atoms with Crippen LogP contribution >= 0.6 is 31.0 Å². The van der Waals surface area contributed by atoms with Gasteiger partial charge >= 0.3 is 13.8 Å². The van der Waals surface area contributed by atoms with Crippen LogP contribution in [0.1, 0.15) is 92.9 Å². The highest BCUT2D eigenvalue weighted by Crippen LogP contribution is 2.55. The maximum atomic E-state index is 13.9. The van der Waals surface area contributed by atoms with Crippen LogP contribution in [0.5, 0.6) is 11.5 Å². The summed E-state index contributed by atoms with van der Waals surface area (Å²) in [4.78, 5) is 39.5. The summed E-state index contributed by atoms with van der Waals surface area (Å²) in [5, 5.41) is 5.87. The Morgan fingerprint density at radius 3 is 1.78 bits per heavy atom. The van der Waals surface area contributed by atoms with Crippen molar-refractivity contribution in [3.63, 3.8) is 0 Å². The summed E-state index contributed by atoms with van der Waals surface area (Å²) >= 11 is 11.5. The molecule has 0 aliphatic heterocycles. The molecule has 0 saturated heterocycles. The number of esters is 1. The van der Waals surface area contributed by atoms with Crippen molar-refractivity contribution in [1.82, 2.24) is 10.6 Å². The van der Waals surface area contributed by atoms with E-state index in [2.05, 4.69) is 10.6 Å². The fraction of sp³-hybridized carbons (Fsp3) is 0.595. The van der Waals surface area contributed by atoms with Gasteiger partial charge in [-0.15, -0.1) is 0 Å². The molecule has 54 heavy (non-hydrogen) atoms. The van der Waals surface area contributed by atoms with Crippen LogP contribution in [0.3, 0.4) is 0 Å². The molecule has 2 aromatic rings. The number of amides is 2. The fourth-order valence-corrected chi connectivity index (χ4v) is 8.44. The summed E-state index contributed by atoms with van der Waals surface area (Å²) in [6, 6.07) is 7.68. The number of nitrogens with one attached hydrogen (secondary N) is 2. The lowest BCUT2D eigenvalue weighted by atomic mass is 9.59. The predicted molar refractivity (Wildman–Crippen MR) is 198 cm³/mol. The third-order valence-electron chi connectivity index (χ3n) is 8.68. The smallest absolute Gasteiger partial charge is 0.475 e. The fourth-order valence-electron chi connectivity index (χ4n) is 6.37. The van der Waals surface area contributed by atoms with Gasteiger partial charge in [-0.05, 0) is 104 Å². The topological polar surface area (TPSA) is 148 Å². The van der Waals surface area contributed by atoms with E-state index in [1.807, 2.05) is 0 Å². The van der Waals surface area contributed by atoms with Crippen LogP contribution < -0.4 is 20.1 Å². The van der Waals surface area contributed by atoms with E-state index in [0.717, 1.165) is 12.1 Å². The Bertz CT molecular complexity index is 1690. The first-order valence-corrected chi connectivity index (χ1v) is 19.9. The lowest BCUT2D eigenvalue weighted by molar-refractivity contribution is -0.167. The molecule has 0 aromatic heterocycles. The normalized spacial score (nSPS) is 21.3. The highest BCUT2D eigenvalue weighted by atomic mass is 35.5. The minimum Gasteiger partial charge on any atom is -0.484 e. The summed E-state index contributed by atoms with van der Waals surface area (Å²) in [6.45, 7) is 9.58. The second-order valence-corrected chi connectivity index (χ2v) is 17.9. The maximum absolute atomic E-state index is 13.9. The summed E-state index contributed by atoms with van der Waals surface area (Å²) in [7, 11) is -3.92. The van der Waals surface area contributed by atoms with Crippen LogP contribution in [-0.2, 0) is 37.3 Å². The number of phosphoric ester groups is 1. The summed E-state index contributed by atoms with van der Waals surface area (Å²) in [5.41, 5.74) is -3.32. The number of carbonyl (C=O) groups excluding carboxylic acids is 3. The maximum Gasteiger partial charge on any atom is 0.475 e. The van der Waals surface area contributed by atoms with Gasteiger partial charge in [0.2, 0.25) is 0 Å². The van der Waals surface area contributed by atoms with Gasteiger partial charge in [-0.25, -0.2) is 13.3 Å². The van der Waals surface area contributed by atoms with E-state index in [-0.39, 0.29) is 41.0 Å². The molecule has 1 atom stereocenters. The Kier molecular flexibility index (Phi) is 14.5. The molecule has 300 valence electrons. The van der Waals surface area contributed by atoms with Gasteiger partial charge in [-0.1, -0.05) is 23.2 Å². The minimum absolute atomic E-state index is 0.00244. The van der Waals surface area contributed by atoms with Crippen molar-refractivity contribution >= 4 is 48.8 Å². The third kappa shape index (κ3) is 13.1. The van der Waals surface area contributed by atoms with Crippen LogP contribution in [0.2, 0.25) is 10.0 Å². The largest absolute Gasteiger partial charge is 0.484 e. The van der Waals surface area contributed by atoms with E-state index in [0.29, 0.717) is 38.5 Å². The lowest BCUT2D eigenvalue weighted by Crippen LogP contribution is -2.71. The van der Waals surface area contributed by atoms with Gasteiger partial charge in [0.1, 0.15) is 29.2 Å². The quantitative estimate of drug-likeness (QED) is 0.0908. The molecular formula is C37H49Cl2F2N2O10P. The molecule has 3 fully saturated rings. The summed E-state index contributed by atoms with van der Waals surface area (Å²) in [6.07, 6.45) is 1.66. The molecule has 3 aliphatic carbocycles. The zero-order valence-corrected chi connectivity index (χ0v) is 33.8. The molecule has 5 rings (SSSR count). The van der Waals surface area contributed by atoms with Gasteiger partial charge in [-0.3, -0.25) is 28.0 Å².